The van der Waals surface area contributed by atoms with Crippen LogP contribution >= 0.6 is 0 Å². The lowest BCUT2D eigenvalue weighted by Gasteiger charge is -2.22. The number of ether oxygens (including phenoxy) is 3. The van der Waals surface area contributed by atoms with Crippen LogP contribution in [-0.4, -0.2) is 39.0 Å². The number of carbonyl (C=O) groups is 1. The van der Waals surface area contributed by atoms with Crippen LogP contribution in [0.2, 0.25) is 0 Å². The van der Waals surface area contributed by atoms with Crippen LogP contribution in [0.5, 0.6) is 0 Å². The first-order valence-electron chi connectivity index (χ1n) is 6.08. The third-order valence-corrected chi connectivity index (χ3v) is 3.65. The number of rotatable bonds is 2. The van der Waals surface area contributed by atoms with Crippen LogP contribution in [0, 0.1) is 5.92 Å². The van der Waals surface area contributed by atoms with Gasteiger partial charge >= 0.3 is 5.97 Å². The summed E-state index contributed by atoms with van der Waals surface area (Å²) >= 11 is 0. The van der Waals surface area contributed by atoms with E-state index in [-0.39, 0.29) is 5.97 Å². The molecule has 0 bridgehead atoms. The fraction of sp³-hybridized carbons (Fsp3) is 0.615. The lowest BCUT2D eigenvalue weighted by molar-refractivity contribution is -0.138. The molecule has 4 heteroatoms. The molecule has 1 unspecified atom stereocenters. The van der Waals surface area contributed by atoms with E-state index in [2.05, 4.69) is 0 Å². The van der Waals surface area contributed by atoms with Crippen LogP contribution in [0.4, 0.5) is 0 Å². The lowest BCUT2D eigenvalue weighted by Crippen LogP contribution is -2.20. The van der Waals surface area contributed by atoms with Crippen molar-refractivity contribution in [3.05, 3.63) is 22.3 Å². The summed E-state index contributed by atoms with van der Waals surface area (Å²) < 4.78 is 16.1. The third kappa shape index (κ3) is 1.72. The second-order valence-corrected chi connectivity index (χ2v) is 4.59. The van der Waals surface area contributed by atoms with Gasteiger partial charge in [0, 0.05) is 11.5 Å². The van der Waals surface area contributed by atoms with Crippen molar-refractivity contribution in [1.29, 1.82) is 0 Å². The van der Waals surface area contributed by atoms with Crippen molar-refractivity contribution in [1.82, 2.24) is 0 Å². The predicted octanol–water partition coefficient (Wildman–Crippen LogP) is 1.22. The molecule has 0 aromatic carbocycles. The molecule has 0 N–H and O–H groups in total. The maximum atomic E-state index is 11.9. The van der Waals surface area contributed by atoms with Gasteiger partial charge < -0.3 is 14.2 Å². The van der Waals surface area contributed by atoms with E-state index in [1.54, 1.807) is 0 Å². The molecule has 3 rings (SSSR count). The molecule has 2 fully saturated rings. The highest BCUT2D eigenvalue weighted by Crippen LogP contribution is 2.41. The molecule has 92 valence electrons. The Morgan fingerprint density at radius 3 is 2.94 bits per heavy atom. The number of esters is 1. The molecule has 1 atom stereocenters. The number of carbonyl (C=O) groups excluding carboxylic acids is 1. The van der Waals surface area contributed by atoms with E-state index in [0.29, 0.717) is 32.3 Å². The molecule has 2 saturated heterocycles. The Morgan fingerprint density at radius 1 is 1.29 bits per heavy atom. The summed E-state index contributed by atoms with van der Waals surface area (Å²) in [6, 6.07) is 0. The second kappa shape index (κ2) is 4.27. The topological polar surface area (TPSA) is 44.8 Å². The van der Waals surface area contributed by atoms with Crippen LogP contribution in [0.25, 0.3) is 0 Å². The first-order valence-corrected chi connectivity index (χ1v) is 6.08. The molecule has 0 amide bonds. The Morgan fingerprint density at radius 2 is 2.12 bits per heavy atom. The summed E-state index contributed by atoms with van der Waals surface area (Å²) in [5.41, 5.74) is 4.39. The lowest BCUT2D eigenvalue weighted by atomic mass is 9.81. The highest BCUT2D eigenvalue weighted by atomic mass is 16.5. The summed E-state index contributed by atoms with van der Waals surface area (Å²) in [4.78, 5) is 11.9. The quantitative estimate of drug-likeness (QED) is 0.676. The molecule has 0 aromatic rings. The minimum Gasteiger partial charge on any atom is -0.463 e. The van der Waals surface area contributed by atoms with Gasteiger partial charge in [0.15, 0.2) is 0 Å². The molecular formula is C13H16O4. The smallest absolute Gasteiger partial charge is 0.334 e. The summed E-state index contributed by atoms with van der Waals surface area (Å²) in [5.74, 6) is 0.173. The molecule has 17 heavy (non-hydrogen) atoms. The summed E-state index contributed by atoms with van der Waals surface area (Å²) in [6.07, 6.45) is 0.746. The van der Waals surface area contributed by atoms with Crippen molar-refractivity contribution < 1.29 is 19.0 Å². The molecule has 4 nitrogen and oxygen atoms in total. The van der Waals surface area contributed by atoms with Gasteiger partial charge in [-0.1, -0.05) is 0 Å². The van der Waals surface area contributed by atoms with E-state index in [4.69, 9.17) is 14.2 Å². The van der Waals surface area contributed by atoms with Gasteiger partial charge in [0.1, 0.15) is 0 Å². The van der Waals surface area contributed by atoms with Crippen LogP contribution in [0.15, 0.2) is 22.3 Å². The van der Waals surface area contributed by atoms with Crippen LogP contribution in [0.1, 0.15) is 13.3 Å². The van der Waals surface area contributed by atoms with Crippen molar-refractivity contribution in [2.75, 3.05) is 33.0 Å². The highest BCUT2D eigenvalue weighted by molar-refractivity contribution is 5.91. The van der Waals surface area contributed by atoms with E-state index in [1.165, 1.54) is 11.1 Å². The van der Waals surface area contributed by atoms with Crippen molar-refractivity contribution in [2.45, 2.75) is 13.3 Å². The zero-order chi connectivity index (χ0) is 11.8. The van der Waals surface area contributed by atoms with Gasteiger partial charge in [-0.25, -0.2) is 4.79 Å². The zero-order valence-electron chi connectivity index (χ0n) is 9.95. The molecule has 2 heterocycles. The number of fused-ring (bicyclic) bond motifs is 2. The van der Waals surface area contributed by atoms with Gasteiger partial charge in [-0.2, -0.15) is 0 Å². The van der Waals surface area contributed by atoms with Crippen molar-refractivity contribution in [3.8, 4) is 0 Å². The molecular weight excluding hydrogens is 220 g/mol. The normalized spacial score (nSPS) is 27.2. The summed E-state index contributed by atoms with van der Waals surface area (Å²) in [5, 5.41) is 0. The highest BCUT2D eigenvalue weighted by Gasteiger charge is 2.37. The summed E-state index contributed by atoms with van der Waals surface area (Å²) in [6.45, 7) is 4.83. The van der Waals surface area contributed by atoms with Gasteiger partial charge in [0.25, 0.3) is 0 Å². The molecule has 3 aliphatic rings. The van der Waals surface area contributed by atoms with Crippen LogP contribution < -0.4 is 0 Å². The van der Waals surface area contributed by atoms with E-state index in [9.17, 15) is 4.79 Å². The zero-order valence-corrected chi connectivity index (χ0v) is 9.95. The van der Waals surface area contributed by atoms with E-state index in [0.717, 1.165) is 24.2 Å². The number of hydrogen-bond acceptors (Lipinski definition) is 4. The first-order chi connectivity index (χ1) is 8.31. The van der Waals surface area contributed by atoms with Gasteiger partial charge in [-0.15, -0.1) is 0 Å². The largest absolute Gasteiger partial charge is 0.463 e. The van der Waals surface area contributed by atoms with Gasteiger partial charge in [-0.3, -0.25) is 0 Å². The van der Waals surface area contributed by atoms with E-state index in [1.807, 2.05) is 6.92 Å². The van der Waals surface area contributed by atoms with Crippen LogP contribution in [0.3, 0.4) is 0 Å². The molecule has 0 saturated carbocycles. The van der Waals surface area contributed by atoms with Crippen molar-refractivity contribution in [3.63, 3.8) is 0 Å². The van der Waals surface area contributed by atoms with Crippen LogP contribution in [-0.2, 0) is 19.0 Å². The first kappa shape index (κ1) is 11.0. The third-order valence-electron chi connectivity index (χ3n) is 3.65. The second-order valence-electron chi connectivity index (χ2n) is 4.59. The minimum atomic E-state index is -0.184. The maximum absolute atomic E-state index is 11.9. The molecule has 0 spiro atoms. The van der Waals surface area contributed by atoms with E-state index < -0.39 is 0 Å². The molecule has 2 aliphatic heterocycles. The summed E-state index contributed by atoms with van der Waals surface area (Å²) in [7, 11) is 0. The fourth-order valence-corrected chi connectivity index (χ4v) is 2.82. The Balaban J connectivity index is 1.98. The molecule has 0 radical (unpaired) electrons. The minimum absolute atomic E-state index is 0.184. The van der Waals surface area contributed by atoms with Gasteiger partial charge in [-0.05, 0) is 30.1 Å². The van der Waals surface area contributed by atoms with Crippen molar-refractivity contribution in [2.24, 2.45) is 5.92 Å². The Labute approximate surface area is 100 Å². The van der Waals surface area contributed by atoms with Crippen molar-refractivity contribution >= 4 is 5.97 Å². The van der Waals surface area contributed by atoms with E-state index >= 15 is 0 Å². The standard InChI is InChI=1S/C13H16O4/c1-2-17-13(14)9-3-8-4-15-5-10(8)12-7-16-6-11(9)12/h8H,2-7H2,1H3. The average molecular weight is 236 g/mol. The predicted molar refractivity (Wildman–Crippen MR) is 60.4 cm³/mol. The number of hydrogen-bond donors (Lipinski definition) is 0. The maximum Gasteiger partial charge on any atom is 0.334 e. The average Bonchev–Trinajstić information content (AvgIpc) is 2.95. The Kier molecular flexibility index (Phi) is 2.76. The fourth-order valence-electron chi connectivity index (χ4n) is 2.82. The Hall–Kier alpha value is -1.13. The monoisotopic (exact) mass is 236 g/mol. The molecule has 0 aromatic heterocycles. The molecule has 1 aliphatic carbocycles. The Bertz CT molecular complexity index is 419. The SMILES string of the molecule is CCOC(=O)C1=C2COCC2=C2COCC2C1. The van der Waals surface area contributed by atoms with Gasteiger partial charge in [0.2, 0.25) is 0 Å². The van der Waals surface area contributed by atoms with Gasteiger partial charge in [0.05, 0.1) is 33.0 Å².